The first-order chi connectivity index (χ1) is 6.79. The van der Waals surface area contributed by atoms with Gasteiger partial charge in [-0.3, -0.25) is 0 Å². The highest BCUT2D eigenvalue weighted by molar-refractivity contribution is 14.1. The largest absolute Gasteiger partial charge is 0.313 e. The van der Waals surface area contributed by atoms with E-state index < -0.39 is 0 Å². The van der Waals surface area contributed by atoms with E-state index in [1.54, 1.807) is 0 Å². The number of hydrogen-bond acceptors (Lipinski definition) is 2. The molecular formula is C11H16INS. The quantitative estimate of drug-likeness (QED) is 0.832. The van der Waals surface area contributed by atoms with Crippen LogP contribution in [0.5, 0.6) is 0 Å². The Labute approximate surface area is 103 Å². The maximum atomic E-state index is 3.43. The van der Waals surface area contributed by atoms with Crippen LogP contribution in [0, 0.1) is 8.80 Å². The molecule has 14 heavy (non-hydrogen) atoms. The molecule has 1 aliphatic rings. The number of nitrogens with one attached hydrogen (secondary N) is 1. The highest BCUT2D eigenvalue weighted by Crippen LogP contribution is 2.35. The van der Waals surface area contributed by atoms with E-state index in [2.05, 4.69) is 46.4 Å². The van der Waals surface area contributed by atoms with E-state index in [0.29, 0.717) is 6.04 Å². The van der Waals surface area contributed by atoms with Crippen molar-refractivity contribution in [1.29, 1.82) is 0 Å². The molecule has 1 aromatic rings. The van der Waals surface area contributed by atoms with E-state index in [1.165, 1.54) is 34.1 Å². The first-order valence-electron chi connectivity index (χ1n) is 5.21. The molecular weight excluding hydrogens is 305 g/mol. The van der Waals surface area contributed by atoms with Gasteiger partial charge in [0.05, 0.1) is 2.88 Å². The van der Waals surface area contributed by atoms with Gasteiger partial charge in [0.25, 0.3) is 0 Å². The van der Waals surface area contributed by atoms with Crippen molar-refractivity contribution in [3.63, 3.8) is 0 Å². The van der Waals surface area contributed by atoms with Crippen molar-refractivity contribution in [2.75, 3.05) is 7.05 Å². The minimum absolute atomic E-state index is 0.583. The Kier molecular flexibility index (Phi) is 3.85. The normalized spacial score (nSPS) is 19.3. The molecule has 0 saturated heterocycles. The van der Waals surface area contributed by atoms with Gasteiger partial charge in [-0.1, -0.05) is 19.3 Å². The predicted octanol–water partition coefficient (Wildman–Crippen LogP) is 3.80. The minimum atomic E-state index is 0.583. The van der Waals surface area contributed by atoms with Crippen LogP contribution < -0.4 is 5.32 Å². The second-order valence-electron chi connectivity index (χ2n) is 4.06. The molecule has 1 N–H and O–H groups in total. The van der Waals surface area contributed by atoms with E-state index in [9.17, 15) is 0 Å². The van der Waals surface area contributed by atoms with Gasteiger partial charge >= 0.3 is 0 Å². The summed E-state index contributed by atoms with van der Waals surface area (Å²) in [4.78, 5) is 0. The van der Waals surface area contributed by atoms with Gasteiger partial charge in [0.2, 0.25) is 0 Å². The third-order valence-electron chi connectivity index (χ3n) is 3.13. The van der Waals surface area contributed by atoms with E-state index in [1.807, 2.05) is 11.3 Å². The lowest BCUT2D eigenvalue weighted by Crippen LogP contribution is -2.22. The van der Waals surface area contributed by atoms with Crippen molar-refractivity contribution in [3.05, 3.63) is 19.9 Å². The summed E-state index contributed by atoms with van der Waals surface area (Å²) in [6, 6.07) is 2.89. The van der Waals surface area contributed by atoms with Crippen LogP contribution in [0.4, 0.5) is 0 Å². The lowest BCUT2D eigenvalue weighted by atomic mass is 9.80. The molecule has 0 amide bonds. The van der Waals surface area contributed by atoms with Crippen molar-refractivity contribution < 1.29 is 0 Å². The van der Waals surface area contributed by atoms with Crippen LogP contribution in [-0.4, -0.2) is 7.05 Å². The molecule has 0 aliphatic heterocycles. The summed E-state index contributed by atoms with van der Waals surface area (Å²) in [6.45, 7) is 0. The standard InChI is InChI=1S/C11H16INS/c1-13-10(5-8-3-2-4-8)9-6-11(12)14-7-9/h6-8,10,13H,2-5H2,1H3. The molecule has 1 fully saturated rings. The van der Waals surface area contributed by atoms with Crippen LogP contribution in [-0.2, 0) is 0 Å². The van der Waals surface area contributed by atoms with Crippen molar-refractivity contribution in [1.82, 2.24) is 5.32 Å². The third kappa shape index (κ3) is 2.49. The van der Waals surface area contributed by atoms with Crippen molar-refractivity contribution in [3.8, 4) is 0 Å². The summed E-state index contributed by atoms with van der Waals surface area (Å²) in [5.74, 6) is 0.977. The summed E-state index contributed by atoms with van der Waals surface area (Å²) < 4.78 is 1.39. The van der Waals surface area contributed by atoms with Crippen LogP contribution in [0.25, 0.3) is 0 Å². The van der Waals surface area contributed by atoms with Gasteiger partial charge in [0.15, 0.2) is 0 Å². The first kappa shape index (κ1) is 10.9. The van der Waals surface area contributed by atoms with Crippen LogP contribution in [0.2, 0.25) is 0 Å². The molecule has 1 atom stereocenters. The molecule has 0 bridgehead atoms. The molecule has 0 spiro atoms. The minimum Gasteiger partial charge on any atom is -0.313 e. The zero-order valence-electron chi connectivity index (χ0n) is 8.42. The Morgan fingerprint density at radius 3 is 2.86 bits per heavy atom. The monoisotopic (exact) mass is 321 g/mol. The fraction of sp³-hybridized carbons (Fsp3) is 0.636. The summed E-state index contributed by atoms with van der Waals surface area (Å²) in [7, 11) is 2.08. The number of halogens is 1. The molecule has 0 radical (unpaired) electrons. The van der Waals surface area contributed by atoms with Crippen LogP contribution >= 0.6 is 33.9 Å². The highest BCUT2D eigenvalue weighted by atomic mass is 127. The summed E-state index contributed by atoms with van der Waals surface area (Å²) >= 11 is 4.25. The number of thiophene rings is 1. The summed E-state index contributed by atoms with van der Waals surface area (Å²) in [5.41, 5.74) is 1.48. The Bertz CT molecular complexity index is 293. The van der Waals surface area contributed by atoms with E-state index in [-0.39, 0.29) is 0 Å². The molecule has 3 heteroatoms. The van der Waals surface area contributed by atoms with Gasteiger partial charge in [-0.05, 0) is 59.0 Å². The highest BCUT2D eigenvalue weighted by Gasteiger charge is 2.22. The molecule has 1 unspecified atom stereocenters. The van der Waals surface area contributed by atoms with Crippen LogP contribution in [0.1, 0.15) is 37.3 Å². The SMILES string of the molecule is CNC(CC1CCC1)c1csc(I)c1. The Morgan fingerprint density at radius 2 is 2.43 bits per heavy atom. The van der Waals surface area contributed by atoms with E-state index in [0.717, 1.165) is 5.92 Å². The van der Waals surface area contributed by atoms with Crippen LogP contribution in [0.15, 0.2) is 11.4 Å². The van der Waals surface area contributed by atoms with Crippen molar-refractivity contribution in [2.24, 2.45) is 5.92 Å². The zero-order chi connectivity index (χ0) is 9.97. The number of rotatable bonds is 4. The topological polar surface area (TPSA) is 12.0 Å². The number of hydrogen-bond donors (Lipinski definition) is 1. The molecule has 1 nitrogen and oxygen atoms in total. The summed E-state index contributed by atoms with van der Waals surface area (Å²) in [5, 5.41) is 5.73. The second kappa shape index (κ2) is 4.94. The average molecular weight is 321 g/mol. The fourth-order valence-corrected chi connectivity index (χ4v) is 3.41. The molecule has 78 valence electrons. The van der Waals surface area contributed by atoms with Gasteiger partial charge < -0.3 is 5.32 Å². The van der Waals surface area contributed by atoms with E-state index in [4.69, 9.17) is 0 Å². The maximum Gasteiger partial charge on any atom is 0.0656 e. The lowest BCUT2D eigenvalue weighted by molar-refractivity contribution is 0.266. The Morgan fingerprint density at radius 1 is 1.64 bits per heavy atom. The van der Waals surface area contributed by atoms with Gasteiger partial charge in [-0.2, -0.15) is 0 Å². The fourth-order valence-electron chi connectivity index (χ4n) is 1.99. The zero-order valence-corrected chi connectivity index (χ0v) is 11.4. The second-order valence-corrected chi connectivity index (χ2v) is 6.86. The van der Waals surface area contributed by atoms with Crippen molar-refractivity contribution in [2.45, 2.75) is 31.7 Å². The lowest BCUT2D eigenvalue weighted by Gasteiger charge is -2.29. The average Bonchev–Trinajstić information content (AvgIpc) is 2.50. The first-order valence-corrected chi connectivity index (χ1v) is 7.16. The van der Waals surface area contributed by atoms with Gasteiger partial charge in [0, 0.05) is 6.04 Å². The predicted molar refractivity (Wildman–Crippen MR) is 70.8 cm³/mol. The molecule has 1 aromatic heterocycles. The van der Waals surface area contributed by atoms with Gasteiger partial charge in [0.1, 0.15) is 0 Å². The molecule has 1 aliphatic carbocycles. The van der Waals surface area contributed by atoms with Crippen LogP contribution in [0.3, 0.4) is 0 Å². The smallest absolute Gasteiger partial charge is 0.0656 e. The molecule has 1 heterocycles. The Balaban J connectivity index is 1.97. The van der Waals surface area contributed by atoms with Crippen molar-refractivity contribution >= 4 is 33.9 Å². The third-order valence-corrected chi connectivity index (χ3v) is 4.94. The molecule has 1 saturated carbocycles. The van der Waals surface area contributed by atoms with Gasteiger partial charge in [-0.15, -0.1) is 11.3 Å². The Hall–Kier alpha value is 0.390. The summed E-state index contributed by atoms with van der Waals surface area (Å²) in [6.07, 6.45) is 5.66. The molecule has 2 rings (SSSR count). The van der Waals surface area contributed by atoms with E-state index >= 15 is 0 Å². The van der Waals surface area contributed by atoms with Gasteiger partial charge in [-0.25, -0.2) is 0 Å². The molecule has 0 aromatic carbocycles. The maximum absolute atomic E-state index is 3.43.